The molecule has 0 atom stereocenters. The Kier molecular flexibility index (Phi) is 4.14. The highest BCUT2D eigenvalue weighted by Crippen LogP contribution is 2.18. The third kappa shape index (κ3) is 3.26. The quantitative estimate of drug-likeness (QED) is 0.787. The molecule has 3 rings (SSSR count). The largest absolute Gasteiger partial charge is 0.323 e. The fraction of sp³-hybridized carbons (Fsp3) is 0.353. The molecule has 23 heavy (non-hydrogen) atoms. The smallest absolute Gasteiger partial charge is 0.226 e. The van der Waals surface area contributed by atoms with Crippen molar-refractivity contribution in [2.45, 2.75) is 39.8 Å². The van der Waals surface area contributed by atoms with Gasteiger partial charge in [0.05, 0.1) is 29.6 Å². The first-order valence-electron chi connectivity index (χ1n) is 7.81. The van der Waals surface area contributed by atoms with Gasteiger partial charge in [-0.25, -0.2) is 0 Å². The van der Waals surface area contributed by atoms with Gasteiger partial charge in [0.25, 0.3) is 0 Å². The number of carbonyl (C=O) groups excluding carboxylic acids is 1. The standard InChI is InChI=1S/C17H21N5O/c1-12(2)22-11-14(10-18-22)19-17(23)8-9-21-16-7-5-4-6-15(16)13(3)20-21/h4-7,10-12H,8-9H2,1-3H3,(H,19,23). The summed E-state index contributed by atoms with van der Waals surface area (Å²) < 4.78 is 3.71. The van der Waals surface area contributed by atoms with Gasteiger partial charge in [0.1, 0.15) is 0 Å². The molecule has 0 aliphatic carbocycles. The van der Waals surface area contributed by atoms with Crippen molar-refractivity contribution in [3.05, 3.63) is 42.4 Å². The molecule has 1 N–H and O–H groups in total. The number of nitrogens with one attached hydrogen (secondary N) is 1. The normalized spacial score (nSPS) is 11.3. The lowest BCUT2D eigenvalue weighted by atomic mass is 10.2. The van der Waals surface area contributed by atoms with Crippen LogP contribution in [0.25, 0.3) is 10.9 Å². The van der Waals surface area contributed by atoms with Gasteiger partial charge in [0.2, 0.25) is 5.91 Å². The summed E-state index contributed by atoms with van der Waals surface area (Å²) in [7, 11) is 0. The molecular formula is C17H21N5O. The monoisotopic (exact) mass is 311 g/mol. The number of hydrogen-bond acceptors (Lipinski definition) is 3. The number of aryl methyl sites for hydroxylation is 2. The molecule has 3 aromatic rings. The SMILES string of the molecule is Cc1nn(CCC(=O)Nc2cnn(C(C)C)c2)c2ccccc12. The predicted octanol–water partition coefficient (Wildman–Crippen LogP) is 3.15. The Morgan fingerprint density at radius 3 is 2.83 bits per heavy atom. The van der Waals surface area contributed by atoms with E-state index in [-0.39, 0.29) is 11.9 Å². The van der Waals surface area contributed by atoms with E-state index in [1.807, 2.05) is 54.5 Å². The highest BCUT2D eigenvalue weighted by atomic mass is 16.1. The van der Waals surface area contributed by atoms with Crippen molar-refractivity contribution in [3.63, 3.8) is 0 Å². The zero-order valence-corrected chi connectivity index (χ0v) is 13.7. The van der Waals surface area contributed by atoms with Gasteiger partial charge in [-0.05, 0) is 26.8 Å². The summed E-state index contributed by atoms with van der Waals surface area (Å²) in [6, 6.07) is 8.34. The van der Waals surface area contributed by atoms with Crippen LogP contribution in [0.4, 0.5) is 5.69 Å². The van der Waals surface area contributed by atoms with Crippen molar-refractivity contribution in [2.24, 2.45) is 0 Å². The van der Waals surface area contributed by atoms with Crippen LogP contribution in [0, 0.1) is 6.92 Å². The summed E-state index contributed by atoms with van der Waals surface area (Å²) in [6.45, 7) is 6.63. The molecule has 2 heterocycles. The van der Waals surface area contributed by atoms with Gasteiger partial charge in [0, 0.05) is 24.0 Å². The third-order valence-corrected chi connectivity index (χ3v) is 3.81. The molecule has 1 amide bonds. The number of carbonyl (C=O) groups is 1. The zero-order chi connectivity index (χ0) is 16.4. The summed E-state index contributed by atoms with van der Waals surface area (Å²) in [5.74, 6) is -0.0365. The molecule has 120 valence electrons. The molecule has 0 aliphatic rings. The van der Waals surface area contributed by atoms with Crippen LogP contribution in [0.1, 0.15) is 32.0 Å². The number of fused-ring (bicyclic) bond motifs is 1. The number of para-hydroxylation sites is 1. The van der Waals surface area contributed by atoms with Crippen LogP contribution in [0.2, 0.25) is 0 Å². The highest BCUT2D eigenvalue weighted by molar-refractivity contribution is 5.90. The van der Waals surface area contributed by atoms with E-state index in [1.54, 1.807) is 6.20 Å². The lowest BCUT2D eigenvalue weighted by Gasteiger charge is -2.05. The van der Waals surface area contributed by atoms with Crippen LogP contribution in [-0.2, 0) is 11.3 Å². The molecule has 0 fully saturated rings. The molecule has 2 aromatic heterocycles. The van der Waals surface area contributed by atoms with Crippen molar-refractivity contribution in [3.8, 4) is 0 Å². The van der Waals surface area contributed by atoms with Gasteiger partial charge in [-0.3, -0.25) is 14.2 Å². The molecule has 1 aromatic carbocycles. The van der Waals surface area contributed by atoms with E-state index in [9.17, 15) is 4.79 Å². The van der Waals surface area contributed by atoms with Crippen LogP contribution >= 0.6 is 0 Å². The molecule has 6 nitrogen and oxygen atoms in total. The van der Waals surface area contributed by atoms with Crippen molar-refractivity contribution < 1.29 is 4.79 Å². The van der Waals surface area contributed by atoms with Crippen LogP contribution in [-0.4, -0.2) is 25.5 Å². The van der Waals surface area contributed by atoms with E-state index >= 15 is 0 Å². The second-order valence-electron chi connectivity index (χ2n) is 5.93. The zero-order valence-electron chi connectivity index (χ0n) is 13.7. The molecule has 0 spiro atoms. The summed E-state index contributed by atoms with van der Waals surface area (Å²) in [6.07, 6.45) is 3.89. The van der Waals surface area contributed by atoms with Crippen molar-refractivity contribution >= 4 is 22.5 Å². The van der Waals surface area contributed by atoms with Crippen molar-refractivity contribution in [1.29, 1.82) is 0 Å². The minimum absolute atomic E-state index is 0.0365. The number of rotatable bonds is 5. The second-order valence-corrected chi connectivity index (χ2v) is 5.93. The van der Waals surface area contributed by atoms with Gasteiger partial charge in [-0.15, -0.1) is 0 Å². The molecule has 0 aliphatic heterocycles. The number of anilines is 1. The van der Waals surface area contributed by atoms with Crippen LogP contribution in [0.5, 0.6) is 0 Å². The average Bonchev–Trinajstić information content (AvgIpc) is 3.11. The first-order chi connectivity index (χ1) is 11.0. The fourth-order valence-corrected chi connectivity index (χ4v) is 2.58. The Balaban J connectivity index is 1.64. The van der Waals surface area contributed by atoms with Crippen LogP contribution in [0.15, 0.2) is 36.7 Å². The number of amides is 1. The maximum atomic E-state index is 12.1. The summed E-state index contributed by atoms with van der Waals surface area (Å²) in [5.41, 5.74) is 2.77. The van der Waals surface area contributed by atoms with Gasteiger partial charge in [-0.1, -0.05) is 18.2 Å². The fourth-order valence-electron chi connectivity index (χ4n) is 2.58. The minimum Gasteiger partial charge on any atom is -0.323 e. The molecule has 6 heteroatoms. The number of aromatic nitrogens is 4. The van der Waals surface area contributed by atoms with E-state index in [4.69, 9.17) is 0 Å². The minimum atomic E-state index is -0.0365. The van der Waals surface area contributed by atoms with E-state index in [0.29, 0.717) is 13.0 Å². The lowest BCUT2D eigenvalue weighted by Crippen LogP contribution is -2.14. The first-order valence-corrected chi connectivity index (χ1v) is 7.81. The third-order valence-electron chi connectivity index (χ3n) is 3.81. The number of nitrogens with zero attached hydrogens (tertiary/aromatic N) is 4. The molecule has 0 radical (unpaired) electrons. The summed E-state index contributed by atoms with van der Waals surface area (Å²) in [4.78, 5) is 12.1. The molecule has 0 bridgehead atoms. The molecule has 0 unspecified atom stereocenters. The Bertz CT molecular complexity index is 830. The first kappa shape index (κ1) is 15.3. The molecule has 0 saturated carbocycles. The Morgan fingerprint density at radius 1 is 1.30 bits per heavy atom. The van der Waals surface area contributed by atoms with E-state index in [2.05, 4.69) is 21.6 Å². The van der Waals surface area contributed by atoms with Crippen molar-refractivity contribution in [1.82, 2.24) is 19.6 Å². The van der Waals surface area contributed by atoms with Crippen LogP contribution in [0.3, 0.4) is 0 Å². The maximum absolute atomic E-state index is 12.1. The van der Waals surface area contributed by atoms with Gasteiger partial charge in [-0.2, -0.15) is 10.2 Å². The Morgan fingerprint density at radius 2 is 2.09 bits per heavy atom. The molecule has 0 saturated heterocycles. The topological polar surface area (TPSA) is 64.7 Å². The summed E-state index contributed by atoms with van der Waals surface area (Å²) in [5, 5.41) is 12.7. The molecular weight excluding hydrogens is 290 g/mol. The van der Waals surface area contributed by atoms with Crippen LogP contribution < -0.4 is 5.32 Å². The van der Waals surface area contributed by atoms with E-state index in [0.717, 1.165) is 22.3 Å². The average molecular weight is 311 g/mol. The van der Waals surface area contributed by atoms with Gasteiger partial charge in [0.15, 0.2) is 0 Å². The number of benzene rings is 1. The Hall–Kier alpha value is -2.63. The van der Waals surface area contributed by atoms with Gasteiger partial charge >= 0.3 is 0 Å². The maximum Gasteiger partial charge on any atom is 0.226 e. The van der Waals surface area contributed by atoms with Crippen molar-refractivity contribution in [2.75, 3.05) is 5.32 Å². The summed E-state index contributed by atoms with van der Waals surface area (Å²) >= 11 is 0. The van der Waals surface area contributed by atoms with E-state index in [1.165, 1.54) is 0 Å². The predicted molar refractivity (Wildman–Crippen MR) is 90.3 cm³/mol. The lowest BCUT2D eigenvalue weighted by molar-refractivity contribution is -0.116. The van der Waals surface area contributed by atoms with E-state index < -0.39 is 0 Å². The number of hydrogen-bond donors (Lipinski definition) is 1. The van der Waals surface area contributed by atoms with Gasteiger partial charge < -0.3 is 5.32 Å². The Labute approximate surface area is 135 Å². The second kappa shape index (κ2) is 6.24. The highest BCUT2D eigenvalue weighted by Gasteiger charge is 2.10.